The highest BCUT2D eigenvalue weighted by Crippen LogP contribution is 1.94. The lowest BCUT2D eigenvalue weighted by Crippen LogP contribution is -2.35. The molecule has 1 aromatic heterocycles. The van der Waals surface area contributed by atoms with Crippen molar-refractivity contribution in [1.29, 1.82) is 0 Å². The number of amides is 2. The molecule has 0 aliphatic carbocycles. The number of aromatic nitrogens is 2. The summed E-state index contributed by atoms with van der Waals surface area (Å²) in [5.41, 5.74) is 0. The van der Waals surface area contributed by atoms with E-state index in [0.29, 0.717) is 24.7 Å². The second-order valence-electron chi connectivity index (χ2n) is 3.34. The molecule has 0 spiro atoms. The van der Waals surface area contributed by atoms with E-state index in [2.05, 4.69) is 20.8 Å². The molecular weight excluding hydrogens is 228 g/mol. The maximum atomic E-state index is 11.2. The number of aliphatic carboxylic acids is 1. The number of carbonyl (C=O) groups excluding carboxylic acids is 1. The number of carbonyl (C=O) groups is 2. The van der Waals surface area contributed by atoms with Gasteiger partial charge in [-0.15, -0.1) is 0 Å². The third kappa shape index (κ3) is 5.50. The van der Waals surface area contributed by atoms with E-state index in [1.807, 2.05) is 0 Å². The van der Waals surface area contributed by atoms with Gasteiger partial charge >= 0.3 is 12.0 Å². The van der Waals surface area contributed by atoms with Gasteiger partial charge < -0.3 is 20.3 Å². The molecule has 1 heterocycles. The summed E-state index contributed by atoms with van der Waals surface area (Å²) in [6, 6.07) is -0.397. The molecule has 0 aromatic carbocycles. The fourth-order valence-corrected chi connectivity index (χ4v) is 1.07. The Hall–Kier alpha value is -2.12. The van der Waals surface area contributed by atoms with E-state index in [4.69, 9.17) is 9.63 Å². The van der Waals surface area contributed by atoms with Gasteiger partial charge in [-0.05, 0) is 13.3 Å². The van der Waals surface area contributed by atoms with Crippen molar-refractivity contribution in [2.24, 2.45) is 0 Å². The summed E-state index contributed by atoms with van der Waals surface area (Å²) in [5, 5.41) is 17.0. The molecule has 0 saturated carbocycles. The highest BCUT2D eigenvalue weighted by Gasteiger charge is 2.05. The Morgan fingerprint density at radius 3 is 2.76 bits per heavy atom. The van der Waals surface area contributed by atoms with Gasteiger partial charge in [0.2, 0.25) is 5.89 Å². The van der Waals surface area contributed by atoms with Crippen LogP contribution in [0.5, 0.6) is 0 Å². The van der Waals surface area contributed by atoms with Crippen molar-refractivity contribution in [3.8, 4) is 0 Å². The first kappa shape index (κ1) is 12.9. The molecule has 0 unspecified atom stereocenters. The Labute approximate surface area is 97.4 Å². The molecule has 0 radical (unpaired) electrons. The zero-order valence-electron chi connectivity index (χ0n) is 9.39. The van der Waals surface area contributed by atoms with Gasteiger partial charge in [-0.3, -0.25) is 4.79 Å². The predicted octanol–water partition coefficient (Wildman–Crippen LogP) is 0.0420. The minimum atomic E-state index is -0.881. The number of rotatable bonds is 6. The standard InChI is InChI=1S/C9H14N4O4/c1-6-12-7(17-13-6)5-11-9(16)10-4-2-3-8(14)15/h2-5H2,1H3,(H,14,15)(H2,10,11,16). The molecule has 8 nitrogen and oxygen atoms in total. The van der Waals surface area contributed by atoms with Crippen LogP contribution in [0.25, 0.3) is 0 Å². The van der Waals surface area contributed by atoms with Crippen LogP contribution in [0.1, 0.15) is 24.6 Å². The smallest absolute Gasteiger partial charge is 0.315 e. The predicted molar refractivity (Wildman–Crippen MR) is 56.1 cm³/mol. The van der Waals surface area contributed by atoms with Crippen molar-refractivity contribution < 1.29 is 19.2 Å². The Balaban J connectivity index is 2.11. The number of urea groups is 1. The molecule has 2 amide bonds. The monoisotopic (exact) mass is 242 g/mol. The normalized spacial score (nSPS) is 9.94. The number of carboxylic acid groups (broad SMARTS) is 1. The maximum Gasteiger partial charge on any atom is 0.315 e. The maximum absolute atomic E-state index is 11.2. The molecule has 1 rings (SSSR count). The van der Waals surface area contributed by atoms with Crippen LogP contribution in [-0.2, 0) is 11.3 Å². The zero-order valence-corrected chi connectivity index (χ0v) is 9.39. The molecule has 3 N–H and O–H groups in total. The molecule has 0 atom stereocenters. The molecule has 8 heteroatoms. The lowest BCUT2D eigenvalue weighted by molar-refractivity contribution is -0.137. The van der Waals surface area contributed by atoms with Crippen LogP contribution < -0.4 is 10.6 Å². The third-order valence-electron chi connectivity index (χ3n) is 1.82. The first-order chi connectivity index (χ1) is 8.08. The van der Waals surface area contributed by atoms with Crippen molar-refractivity contribution in [2.45, 2.75) is 26.3 Å². The van der Waals surface area contributed by atoms with Gasteiger partial charge in [0.1, 0.15) is 0 Å². The van der Waals surface area contributed by atoms with Gasteiger partial charge in [0.25, 0.3) is 0 Å². The minimum absolute atomic E-state index is 0.0309. The quantitative estimate of drug-likeness (QED) is 0.606. The van der Waals surface area contributed by atoms with Gasteiger partial charge in [-0.1, -0.05) is 5.16 Å². The van der Waals surface area contributed by atoms with E-state index in [9.17, 15) is 9.59 Å². The van der Waals surface area contributed by atoms with Crippen molar-refractivity contribution >= 4 is 12.0 Å². The first-order valence-corrected chi connectivity index (χ1v) is 5.10. The van der Waals surface area contributed by atoms with Crippen LogP contribution in [0.4, 0.5) is 4.79 Å². The average Bonchev–Trinajstić information content (AvgIpc) is 2.67. The summed E-state index contributed by atoms with van der Waals surface area (Å²) in [4.78, 5) is 25.3. The van der Waals surface area contributed by atoms with Crippen molar-refractivity contribution in [3.63, 3.8) is 0 Å². The molecule has 0 aliphatic rings. The molecule has 0 fully saturated rings. The molecule has 94 valence electrons. The minimum Gasteiger partial charge on any atom is -0.481 e. The molecule has 0 saturated heterocycles. The van der Waals surface area contributed by atoms with E-state index < -0.39 is 12.0 Å². The van der Waals surface area contributed by atoms with Crippen LogP contribution in [0.15, 0.2) is 4.52 Å². The highest BCUT2D eigenvalue weighted by molar-refractivity contribution is 5.73. The Bertz CT molecular complexity index is 390. The van der Waals surface area contributed by atoms with Crippen LogP contribution in [0.2, 0.25) is 0 Å². The van der Waals surface area contributed by atoms with E-state index in [-0.39, 0.29) is 13.0 Å². The van der Waals surface area contributed by atoms with Gasteiger partial charge in [-0.25, -0.2) is 4.79 Å². The van der Waals surface area contributed by atoms with Crippen LogP contribution in [-0.4, -0.2) is 33.8 Å². The highest BCUT2D eigenvalue weighted by atomic mass is 16.5. The number of nitrogens with zero attached hydrogens (tertiary/aromatic N) is 2. The molecule has 0 bridgehead atoms. The van der Waals surface area contributed by atoms with E-state index in [1.54, 1.807) is 6.92 Å². The summed E-state index contributed by atoms with van der Waals surface area (Å²) in [7, 11) is 0. The summed E-state index contributed by atoms with van der Waals surface area (Å²) in [6.45, 7) is 2.13. The third-order valence-corrected chi connectivity index (χ3v) is 1.82. The first-order valence-electron chi connectivity index (χ1n) is 5.10. The Morgan fingerprint density at radius 2 is 2.18 bits per heavy atom. The number of nitrogens with one attached hydrogen (secondary N) is 2. The second-order valence-corrected chi connectivity index (χ2v) is 3.34. The Morgan fingerprint density at radius 1 is 1.41 bits per heavy atom. The van der Waals surface area contributed by atoms with Gasteiger partial charge in [0, 0.05) is 13.0 Å². The van der Waals surface area contributed by atoms with Crippen molar-refractivity contribution in [1.82, 2.24) is 20.8 Å². The van der Waals surface area contributed by atoms with Gasteiger partial charge in [0.05, 0.1) is 6.54 Å². The van der Waals surface area contributed by atoms with Gasteiger partial charge in [-0.2, -0.15) is 4.98 Å². The fraction of sp³-hybridized carbons (Fsp3) is 0.556. The van der Waals surface area contributed by atoms with Crippen LogP contribution in [0.3, 0.4) is 0 Å². The second kappa shape index (κ2) is 6.46. The number of hydrogen-bond donors (Lipinski definition) is 3. The lowest BCUT2D eigenvalue weighted by atomic mass is 10.3. The van der Waals surface area contributed by atoms with E-state index in [0.717, 1.165) is 0 Å². The SMILES string of the molecule is Cc1noc(CNC(=O)NCCCC(=O)O)n1. The van der Waals surface area contributed by atoms with E-state index in [1.165, 1.54) is 0 Å². The summed E-state index contributed by atoms with van der Waals surface area (Å²) in [5.74, 6) is -0.0552. The lowest BCUT2D eigenvalue weighted by Gasteiger charge is -2.04. The largest absolute Gasteiger partial charge is 0.481 e. The molecular formula is C9H14N4O4. The molecule has 1 aromatic rings. The number of carboxylic acids is 1. The number of aryl methyl sites for hydroxylation is 1. The van der Waals surface area contributed by atoms with Crippen molar-refractivity contribution in [3.05, 3.63) is 11.7 Å². The fourth-order valence-electron chi connectivity index (χ4n) is 1.07. The van der Waals surface area contributed by atoms with E-state index >= 15 is 0 Å². The summed E-state index contributed by atoms with van der Waals surface area (Å²) < 4.78 is 4.79. The summed E-state index contributed by atoms with van der Waals surface area (Å²) >= 11 is 0. The molecule has 0 aliphatic heterocycles. The average molecular weight is 242 g/mol. The van der Waals surface area contributed by atoms with Crippen LogP contribution >= 0.6 is 0 Å². The molecule has 17 heavy (non-hydrogen) atoms. The summed E-state index contributed by atoms with van der Waals surface area (Å²) in [6.07, 6.45) is 0.422. The van der Waals surface area contributed by atoms with Crippen molar-refractivity contribution in [2.75, 3.05) is 6.54 Å². The van der Waals surface area contributed by atoms with Crippen LogP contribution in [0, 0.1) is 6.92 Å². The van der Waals surface area contributed by atoms with Gasteiger partial charge in [0.15, 0.2) is 5.82 Å². The topological polar surface area (TPSA) is 117 Å². The Kier molecular flexibility index (Phi) is 4.92. The number of hydrogen-bond acceptors (Lipinski definition) is 5. The zero-order chi connectivity index (χ0) is 12.7.